The van der Waals surface area contributed by atoms with Gasteiger partial charge < -0.3 is 15.4 Å². The van der Waals surface area contributed by atoms with Crippen LogP contribution in [0.5, 0.6) is 0 Å². The molecule has 1 unspecified atom stereocenters. The van der Waals surface area contributed by atoms with Crippen LogP contribution >= 0.6 is 12.4 Å². The summed E-state index contributed by atoms with van der Waals surface area (Å²) in [5, 5.41) is 5.67. The van der Waals surface area contributed by atoms with Crippen LogP contribution in [0.2, 0.25) is 0 Å². The van der Waals surface area contributed by atoms with Gasteiger partial charge in [0.1, 0.15) is 13.2 Å². The second-order valence-corrected chi connectivity index (χ2v) is 3.71. The largest absolute Gasteiger partial charge is 0.411 e. The van der Waals surface area contributed by atoms with Crippen molar-refractivity contribution >= 4 is 18.3 Å². The van der Waals surface area contributed by atoms with Gasteiger partial charge in [0.05, 0.1) is 0 Å². The summed E-state index contributed by atoms with van der Waals surface area (Å²) >= 11 is 0. The quantitative estimate of drug-likeness (QED) is 0.783. The third-order valence-corrected chi connectivity index (χ3v) is 2.21. The molecule has 0 spiro atoms. The minimum atomic E-state index is -4.38. The molecule has 17 heavy (non-hydrogen) atoms. The molecule has 1 aliphatic rings. The number of carbonyl (C=O) groups excluding carboxylic acids is 1. The predicted octanol–water partition coefficient (Wildman–Crippen LogP) is 0.855. The van der Waals surface area contributed by atoms with Crippen LogP contribution in [0.15, 0.2) is 0 Å². The molecule has 1 atom stereocenters. The molecule has 0 aromatic carbocycles. The molecule has 8 heteroatoms. The molecule has 1 aliphatic heterocycles. The van der Waals surface area contributed by atoms with E-state index in [1.807, 2.05) is 0 Å². The SMILES string of the molecule is Cl.O=C(COCC(F)(F)F)NCC1CCCN1. The Hall–Kier alpha value is -0.530. The fraction of sp³-hybridized carbons (Fsp3) is 0.889. The van der Waals surface area contributed by atoms with Crippen LogP contribution in [-0.2, 0) is 9.53 Å². The Balaban J connectivity index is 0.00000256. The molecule has 1 amide bonds. The van der Waals surface area contributed by atoms with E-state index in [1.54, 1.807) is 0 Å². The van der Waals surface area contributed by atoms with Gasteiger partial charge in [-0.3, -0.25) is 4.79 Å². The molecule has 4 nitrogen and oxygen atoms in total. The first-order valence-corrected chi connectivity index (χ1v) is 5.12. The summed E-state index contributed by atoms with van der Waals surface area (Å²) in [5.41, 5.74) is 0. The molecule has 0 radical (unpaired) electrons. The van der Waals surface area contributed by atoms with Gasteiger partial charge in [0.2, 0.25) is 5.91 Å². The highest BCUT2D eigenvalue weighted by Gasteiger charge is 2.27. The average molecular weight is 277 g/mol. The molecular formula is C9H16ClF3N2O2. The van der Waals surface area contributed by atoms with E-state index in [4.69, 9.17) is 0 Å². The molecule has 0 saturated carbocycles. The second kappa shape index (κ2) is 7.73. The van der Waals surface area contributed by atoms with Crippen LogP contribution in [0.1, 0.15) is 12.8 Å². The Labute approximate surface area is 104 Å². The van der Waals surface area contributed by atoms with Gasteiger partial charge in [0, 0.05) is 12.6 Å². The number of hydrogen-bond acceptors (Lipinski definition) is 3. The number of carbonyl (C=O) groups is 1. The van der Waals surface area contributed by atoms with Crippen LogP contribution < -0.4 is 10.6 Å². The number of halogens is 4. The molecule has 102 valence electrons. The van der Waals surface area contributed by atoms with Gasteiger partial charge in [0.25, 0.3) is 0 Å². The third kappa shape index (κ3) is 8.23. The molecule has 1 rings (SSSR count). The van der Waals surface area contributed by atoms with E-state index >= 15 is 0 Å². The smallest absolute Gasteiger partial charge is 0.362 e. The normalized spacial score (nSPS) is 19.8. The molecular weight excluding hydrogens is 261 g/mol. The zero-order chi connectivity index (χ0) is 12.0. The molecule has 1 saturated heterocycles. The highest BCUT2D eigenvalue weighted by atomic mass is 35.5. The van der Waals surface area contributed by atoms with E-state index < -0.39 is 25.3 Å². The Morgan fingerprint density at radius 2 is 2.18 bits per heavy atom. The number of ether oxygens (including phenoxy) is 1. The Morgan fingerprint density at radius 3 is 2.71 bits per heavy atom. The average Bonchev–Trinajstić information content (AvgIpc) is 2.65. The van der Waals surface area contributed by atoms with E-state index in [1.165, 1.54) is 0 Å². The number of alkyl halides is 3. The molecule has 0 aromatic rings. The van der Waals surface area contributed by atoms with Crippen molar-refractivity contribution in [2.75, 3.05) is 26.3 Å². The summed E-state index contributed by atoms with van der Waals surface area (Å²) in [4.78, 5) is 11.1. The van der Waals surface area contributed by atoms with Crippen molar-refractivity contribution < 1.29 is 22.7 Å². The van der Waals surface area contributed by atoms with Crippen LogP contribution in [-0.4, -0.2) is 44.4 Å². The van der Waals surface area contributed by atoms with Gasteiger partial charge in [-0.2, -0.15) is 13.2 Å². The van der Waals surface area contributed by atoms with Gasteiger partial charge in [-0.05, 0) is 19.4 Å². The zero-order valence-corrected chi connectivity index (χ0v) is 10.00. The number of amides is 1. The van der Waals surface area contributed by atoms with Crippen molar-refractivity contribution in [3.05, 3.63) is 0 Å². The summed E-state index contributed by atoms with van der Waals surface area (Å²) in [6.45, 7) is -0.576. The molecule has 1 fully saturated rings. The minimum Gasteiger partial charge on any atom is -0.362 e. The van der Waals surface area contributed by atoms with E-state index in [-0.39, 0.29) is 18.4 Å². The fourth-order valence-electron chi connectivity index (χ4n) is 1.48. The maximum absolute atomic E-state index is 11.7. The third-order valence-electron chi connectivity index (χ3n) is 2.21. The molecule has 0 aromatic heterocycles. The topological polar surface area (TPSA) is 50.4 Å². The molecule has 2 N–H and O–H groups in total. The monoisotopic (exact) mass is 276 g/mol. The minimum absolute atomic E-state index is 0. The van der Waals surface area contributed by atoms with Crippen LogP contribution in [0.4, 0.5) is 13.2 Å². The van der Waals surface area contributed by atoms with Gasteiger partial charge in [0.15, 0.2) is 0 Å². The first-order chi connectivity index (χ1) is 7.47. The summed E-state index contributed by atoms with van der Waals surface area (Å²) in [6.07, 6.45) is -2.35. The maximum atomic E-state index is 11.7. The lowest BCUT2D eigenvalue weighted by Gasteiger charge is -2.12. The van der Waals surface area contributed by atoms with Gasteiger partial charge in [-0.15, -0.1) is 12.4 Å². The highest BCUT2D eigenvalue weighted by molar-refractivity contribution is 5.85. The Bertz CT molecular complexity index is 233. The summed E-state index contributed by atoms with van der Waals surface area (Å²) in [7, 11) is 0. The van der Waals surface area contributed by atoms with Crippen molar-refractivity contribution in [3.63, 3.8) is 0 Å². The van der Waals surface area contributed by atoms with Gasteiger partial charge >= 0.3 is 6.18 Å². The fourth-order valence-corrected chi connectivity index (χ4v) is 1.48. The number of hydrogen-bond donors (Lipinski definition) is 2. The Morgan fingerprint density at radius 1 is 1.47 bits per heavy atom. The predicted molar refractivity (Wildman–Crippen MR) is 58.2 cm³/mol. The summed E-state index contributed by atoms with van der Waals surface area (Å²) in [5.74, 6) is -0.516. The van der Waals surface area contributed by atoms with Gasteiger partial charge in [-0.1, -0.05) is 0 Å². The lowest BCUT2D eigenvalue weighted by atomic mass is 10.2. The second-order valence-electron chi connectivity index (χ2n) is 3.71. The van der Waals surface area contributed by atoms with Crippen molar-refractivity contribution in [1.29, 1.82) is 0 Å². The highest BCUT2D eigenvalue weighted by Crippen LogP contribution is 2.14. The van der Waals surface area contributed by atoms with Crippen molar-refractivity contribution in [2.24, 2.45) is 0 Å². The van der Waals surface area contributed by atoms with E-state index in [2.05, 4.69) is 15.4 Å². The molecule has 0 bridgehead atoms. The summed E-state index contributed by atoms with van der Waals surface area (Å²) in [6, 6.07) is 0.228. The van der Waals surface area contributed by atoms with E-state index in [0.29, 0.717) is 6.54 Å². The maximum Gasteiger partial charge on any atom is 0.411 e. The van der Waals surface area contributed by atoms with Crippen LogP contribution in [0, 0.1) is 0 Å². The van der Waals surface area contributed by atoms with Crippen LogP contribution in [0.3, 0.4) is 0 Å². The lowest BCUT2D eigenvalue weighted by molar-refractivity contribution is -0.175. The van der Waals surface area contributed by atoms with Crippen molar-refractivity contribution in [1.82, 2.24) is 10.6 Å². The zero-order valence-electron chi connectivity index (χ0n) is 9.18. The van der Waals surface area contributed by atoms with Crippen molar-refractivity contribution in [3.8, 4) is 0 Å². The first-order valence-electron chi connectivity index (χ1n) is 5.12. The van der Waals surface area contributed by atoms with E-state index in [9.17, 15) is 18.0 Å². The van der Waals surface area contributed by atoms with E-state index in [0.717, 1.165) is 19.4 Å². The lowest BCUT2D eigenvalue weighted by Crippen LogP contribution is -2.39. The molecule has 1 heterocycles. The standard InChI is InChI=1S/C9H15F3N2O2.ClH/c10-9(11,12)6-16-5-8(15)14-4-7-2-1-3-13-7;/h7,13H,1-6H2,(H,14,15);1H. The number of nitrogens with one attached hydrogen (secondary N) is 2. The molecule has 0 aliphatic carbocycles. The van der Waals surface area contributed by atoms with Crippen molar-refractivity contribution in [2.45, 2.75) is 25.1 Å². The first kappa shape index (κ1) is 16.5. The van der Waals surface area contributed by atoms with Crippen LogP contribution in [0.25, 0.3) is 0 Å². The summed E-state index contributed by atoms with van der Waals surface area (Å²) < 4.78 is 39.2. The Kier molecular flexibility index (Phi) is 7.49. The number of rotatable bonds is 5. The van der Waals surface area contributed by atoms with Gasteiger partial charge in [-0.25, -0.2) is 0 Å².